The lowest BCUT2D eigenvalue weighted by atomic mass is 10.1. The number of halogens is 1. The number of rotatable bonds is 6. The second kappa shape index (κ2) is 7.29. The van der Waals surface area contributed by atoms with Crippen LogP contribution in [0.5, 0.6) is 17.4 Å². The van der Waals surface area contributed by atoms with Crippen molar-refractivity contribution in [3.63, 3.8) is 0 Å². The molecule has 0 saturated heterocycles. The fourth-order valence-electron chi connectivity index (χ4n) is 1.97. The Morgan fingerprint density at radius 1 is 1.24 bits per heavy atom. The summed E-state index contributed by atoms with van der Waals surface area (Å²) in [7, 11) is 3.49. The number of aromatic nitrogens is 1. The van der Waals surface area contributed by atoms with Gasteiger partial charge in [0.15, 0.2) is 11.5 Å². The molecule has 5 heteroatoms. The molecule has 1 N–H and O–H groups in total. The first-order valence-electron chi connectivity index (χ1n) is 6.81. The number of hydrogen-bond donors (Lipinski definition) is 1. The van der Waals surface area contributed by atoms with Crippen LogP contribution in [0.4, 0.5) is 0 Å². The fraction of sp³-hybridized carbons (Fsp3) is 0.312. The van der Waals surface area contributed by atoms with Crippen LogP contribution >= 0.6 is 11.6 Å². The molecule has 0 spiro atoms. The predicted molar refractivity (Wildman–Crippen MR) is 84.5 cm³/mol. The molecule has 112 valence electrons. The van der Waals surface area contributed by atoms with Crippen LogP contribution in [0.3, 0.4) is 0 Å². The van der Waals surface area contributed by atoms with Gasteiger partial charge in [0.1, 0.15) is 0 Å². The molecule has 0 aliphatic heterocycles. The van der Waals surface area contributed by atoms with Gasteiger partial charge in [0.2, 0.25) is 5.88 Å². The Bertz CT molecular complexity index is 617. The molecule has 0 amide bonds. The molecule has 0 aliphatic rings. The smallest absolute Gasteiger partial charge is 0.219 e. The summed E-state index contributed by atoms with van der Waals surface area (Å²) in [4.78, 5) is 4.20. The van der Waals surface area contributed by atoms with Crippen molar-refractivity contribution in [3.05, 3.63) is 46.6 Å². The lowest BCUT2D eigenvalue weighted by Crippen LogP contribution is -2.06. The molecular formula is C16H19ClN2O2. The van der Waals surface area contributed by atoms with E-state index in [2.05, 4.69) is 17.2 Å². The molecule has 1 aromatic carbocycles. The second-order valence-corrected chi connectivity index (χ2v) is 4.99. The van der Waals surface area contributed by atoms with Crippen LogP contribution in [0.1, 0.15) is 18.1 Å². The van der Waals surface area contributed by atoms with Crippen molar-refractivity contribution in [1.29, 1.82) is 0 Å². The van der Waals surface area contributed by atoms with E-state index in [0.717, 1.165) is 12.0 Å². The van der Waals surface area contributed by atoms with Crippen molar-refractivity contribution in [3.8, 4) is 17.4 Å². The zero-order valence-corrected chi connectivity index (χ0v) is 13.2. The highest BCUT2D eigenvalue weighted by Gasteiger charge is 2.09. The fourth-order valence-corrected chi connectivity index (χ4v) is 2.14. The zero-order valence-electron chi connectivity index (χ0n) is 12.4. The Morgan fingerprint density at radius 2 is 2.05 bits per heavy atom. The highest BCUT2D eigenvalue weighted by Crippen LogP contribution is 2.32. The van der Waals surface area contributed by atoms with Crippen molar-refractivity contribution in [2.24, 2.45) is 0 Å². The maximum Gasteiger partial charge on any atom is 0.219 e. The van der Waals surface area contributed by atoms with Gasteiger partial charge < -0.3 is 14.8 Å². The van der Waals surface area contributed by atoms with E-state index < -0.39 is 0 Å². The summed E-state index contributed by atoms with van der Waals surface area (Å²) >= 11 is 6.09. The van der Waals surface area contributed by atoms with E-state index >= 15 is 0 Å². The first kappa shape index (κ1) is 15.6. The zero-order chi connectivity index (χ0) is 15.2. The average molecular weight is 307 g/mol. The average Bonchev–Trinajstić information content (AvgIpc) is 2.51. The maximum absolute atomic E-state index is 6.09. The number of aryl methyl sites for hydroxylation is 1. The van der Waals surface area contributed by atoms with Gasteiger partial charge in [-0.3, -0.25) is 0 Å². The maximum atomic E-state index is 6.09. The van der Waals surface area contributed by atoms with Crippen molar-refractivity contribution >= 4 is 11.6 Å². The van der Waals surface area contributed by atoms with Crippen molar-refractivity contribution in [1.82, 2.24) is 10.3 Å². The highest BCUT2D eigenvalue weighted by molar-refractivity contribution is 6.31. The van der Waals surface area contributed by atoms with Crippen LogP contribution in [0, 0.1) is 0 Å². The molecule has 0 aliphatic carbocycles. The van der Waals surface area contributed by atoms with Gasteiger partial charge >= 0.3 is 0 Å². The second-order valence-electron chi connectivity index (χ2n) is 4.59. The quantitative estimate of drug-likeness (QED) is 0.881. The van der Waals surface area contributed by atoms with Gasteiger partial charge in [-0.05, 0) is 36.7 Å². The molecule has 2 rings (SSSR count). The largest absolute Gasteiger partial charge is 0.493 e. The van der Waals surface area contributed by atoms with Crippen molar-refractivity contribution in [2.45, 2.75) is 19.9 Å². The van der Waals surface area contributed by atoms with E-state index in [-0.39, 0.29) is 0 Å². The van der Waals surface area contributed by atoms with Crippen molar-refractivity contribution < 1.29 is 9.47 Å². The molecule has 0 unspecified atom stereocenters. The van der Waals surface area contributed by atoms with Gasteiger partial charge in [0, 0.05) is 18.8 Å². The molecule has 0 bridgehead atoms. The first-order chi connectivity index (χ1) is 10.2. The Kier molecular flexibility index (Phi) is 5.42. The van der Waals surface area contributed by atoms with Gasteiger partial charge in [0.25, 0.3) is 0 Å². The summed E-state index contributed by atoms with van der Waals surface area (Å²) in [5.74, 6) is 1.83. The molecule has 4 nitrogen and oxygen atoms in total. The normalized spacial score (nSPS) is 10.5. The summed E-state index contributed by atoms with van der Waals surface area (Å²) < 4.78 is 11.2. The number of pyridine rings is 1. The Hall–Kier alpha value is -1.78. The van der Waals surface area contributed by atoms with Gasteiger partial charge in [-0.25, -0.2) is 4.98 Å². The van der Waals surface area contributed by atoms with Crippen LogP contribution in [0.25, 0.3) is 0 Å². The van der Waals surface area contributed by atoms with Crippen LogP contribution in [-0.4, -0.2) is 19.1 Å². The van der Waals surface area contributed by atoms with Crippen LogP contribution in [-0.2, 0) is 13.0 Å². The SMILES string of the molecule is CCc1ccc(Oc2cc(CNC)c(Cl)cn2)c(OC)c1. The minimum atomic E-state index is 0.493. The Balaban J connectivity index is 2.27. The lowest BCUT2D eigenvalue weighted by Gasteiger charge is -2.12. The minimum Gasteiger partial charge on any atom is -0.493 e. The first-order valence-corrected chi connectivity index (χ1v) is 7.19. The van der Waals surface area contributed by atoms with Crippen molar-refractivity contribution in [2.75, 3.05) is 14.2 Å². The van der Waals surface area contributed by atoms with Crippen LogP contribution in [0.15, 0.2) is 30.5 Å². The molecule has 1 aromatic heterocycles. The molecule has 0 radical (unpaired) electrons. The number of hydrogen-bond acceptors (Lipinski definition) is 4. The molecule has 2 aromatic rings. The molecule has 0 atom stereocenters. The predicted octanol–water partition coefficient (Wildman–Crippen LogP) is 3.82. The number of methoxy groups -OCH3 is 1. The number of benzene rings is 1. The third-order valence-electron chi connectivity index (χ3n) is 3.13. The number of nitrogens with one attached hydrogen (secondary N) is 1. The number of nitrogens with zero attached hydrogens (tertiary/aromatic N) is 1. The summed E-state index contributed by atoms with van der Waals surface area (Å²) in [6, 6.07) is 7.71. The van der Waals surface area contributed by atoms with E-state index in [1.54, 1.807) is 13.3 Å². The number of ether oxygens (including phenoxy) is 2. The Labute approximate surface area is 130 Å². The monoisotopic (exact) mass is 306 g/mol. The van der Waals surface area contributed by atoms with Gasteiger partial charge in [-0.1, -0.05) is 24.6 Å². The van der Waals surface area contributed by atoms with Crippen LogP contribution < -0.4 is 14.8 Å². The van der Waals surface area contributed by atoms with E-state index in [9.17, 15) is 0 Å². The molecule has 1 heterocycles. The van der Waals surface area contributed by atoms with E-state index in [0.29, 0.717) is 28.9 Å². The summed E-state index contributed by atoms with van der Waals surface area (Å²) in [5.41, 5.74) is 2.13. The molecule has 21 heavy (non-hydrogen) atoms. The Morgan fingerprint density at radius 3 is 2.71 bits per heavy atom. The van der Waals surface area contributed by atoms with E-state index in [1.165, 1.54) is 5.56 Å². The third-order valence-corrected chi connectivity index (χ3v) is 3.47. The topological polar surface area (TPSA) is 43.4 Å². The summed E-state index contributed by atoms with van der Waals surface area (Å²) in [6.07, 6.45) is 2.54. The van der Waals surface area contributed by atoms with Gasteiger partial charge in [-0.15, -0.1) is 0 Å². The lowest BCUT2D eigenvalue weighted by molar-refractivity contribution is 0.373. The molecule has 0 fully saturated rings. The third kappa shape index (κ3) is 3.86. The van der Waals surface area contributed by atoms with Gasteiger partial charge in [-0.2, -0.15) is 0 Å². The van der Waals surface area contributed by atoms with E-state index in [4.69, 9.17) is 21.1 Å². The standard InChI is InChI=1S/C16H19ClN2O2/c1-4-11-5-6-14(15(7-11)20-3)21-16-8-12(9-18-2)13(17)10-19-16/h5-8,10,18H,4,9H2,1-3H3. The van der Waals surface area contributed by atoms with E-state index in [1.807, 2.05) is 31.3 Å². The van der Waals surface area contributed by atoms with Gasteiger partial charge in [0.05, 0.1) is 12.1 Å². The summed E-state index contributed by atoms with van der Waals surface area (Å²) in [5, 5.41) is 3.68. The minimum absolute atomic E-state index is 0.493. The highest BCUT2D eigenvalue weighted by atomic mass is 35.5. The molecular weight excluding hydrogens is 288 g/mol. The molecule has 0 saturated carbocycles. The van der Waals surface area contributed by atoms with Crippen LogP contribution in [0.2, 0.25) is 5.02 Å². The summed E-state index contributed by atoms with van der Waals surface area (Å²) in [6.45, 7) is 2.75.